The van der Waals surface area contributed by atoms with Crippen molar-refractivity contribution in [2.24, 2.45) is 0 Å². The minimum absolute atomic E-state index is 0.533. The molecule has 0 amide bonds. The van der Waals surface area contributed by atoms with Crippen LogP contribution in [0.1, 0.15) is 12.5 Å². The van der Waals surface area contributed by atoms with Crippen molar-refractivity contribution < 1.29 is 9.84 Å². The average Bonchev–Trinajstić information content (AvgIpc) is 2.48. The Bertz CT molecular complexity index is 327. The van der Waals surface area contributed by atoms with E-state index in [1.165, 1.54) is 0 Å². The van der Waals surface area contributed by atoms with Gasteiger partial charge in [0.25, 0.3) is 0 Å². The maximum Gasteiger partial charge on any atom is 0.182 e. The second-order valence-corrected chi connectivity index (χ2v) is 3.22. The smallest absolute Gasteiger partial charge is 0.182 e. The third-order valence-electron chi connectivity index (χ3n) is 2.25. The van der Waals surface area contributed by atoms with Gasteiger partial charge in [0.05, 0.1) is 6.61 Å². The van der Waals surface area contributed by atoms with Crippen LogP contribution in [0.25, 0.3) is 5.57 Å². The molecule has 2 heteroatoms. The van der Waals surface area contributed by atoms with E-state index in [1.54, 1.807) is 0 Å². The van der Waals surface area contributed by atoms with Gasteiger partial charge in [-0.15, -0.1) is 0 Å². The van der Waals surface area contributed by atoms with Crippen LogP contribution in [0.5, 0.6) is 0 Å². The predicted octanol–water partition coefficient (Wildman–Crippen LogP) is 1.81. The highest BCUT2D eigenvalue weighted by Gasteiger charge is 2.22. The second kappa shape index (κ2) is 3.32. The van der Waals surface area contributed by atoms with Gasteiger partial charge in [-0.1, -0.05) is 30.3 Å². The second-order valence-electron chi connectivity index (χ2n) is 3.22. The van der Waals surface area contributed by atoms with Crippen LogP contribution < -0.4 is 0 Å². The van der Waals surface area contributed by atoms with Gasteiger partial charge in [0.15, 0.2) is 6.29 Å². The molecule has 1 aliphatic rings. The van der Waals surface area contributed by atoms with Crippen molar-refractivity contribution >= 4 is 5.57 Å². The lowest BCUT2D eigenvalue weighted by Gasteiger charge is -2.07. The van der Waals surface area contributed by atoms with Crippen molar-refractivity contribution in [2.45, 2.75) is 13.2 Å². The molecule has 1 heterocycles. The van der Waals surface area contributed by atoms with Crippen LogP contribution in [0.2, 0.25) is 0 Å². The van der Waals surface area contributed by atoms with Crippen molar-refractivity contribution in [1.82, 2.24) is 0 Å². The molecule has 1 aliphatic heterocycles. The minimum Gasteiger partial charge on any atom is -0.364 e. The molecule has 0 radical (unpaired) electrons. The van der Waals surface area contributed by atoms with Crippen molar-refractivity contribution in [3.8, 4) is 0 Å². The Balaban J connectivity index is 2.41. The van der Waals surface area contributed by atoms with Gasteiger partial charge in [0.1, 0.15) is 0 Å². The van der Waals surface area contributed by atoms with E-state index in [4.69, 9.17) is 4.74 Å². The largest absolute Gasteiger partial charge is 0.364 e. The van der Waals surface area contributed by atoms with Crippen molar-refractivity contribution in [2.75, 3.05) is 6.61 Å². The zero-order valence-corrected chi connectivity index (χ0v) is 7.53. The van der Waals surface area contributed by atoms with Gasteiger partial charge in [-0.25, -0.2) is 0 Å². The maximum absolute atomic E-state index is 9.53. The molecule has 0 spiro atoms. The number of rotatable bonds is 1. The SMILES string of the molecule is CC1=C(c2ccccc2)C(O)OC1. The Morgan fingerprint density at radius 3 is 2.54 bits per heavy atom. The lowest BCUT2D eigenvalue weighted by Crippen LogP contribution is -2.06. The summed E-state index contributed by atoms with van der Waals surface area (Å²) < 4.78 is 5.11. The van der Waals surface area contributed by atoms with E-state index in [1.807, 2.05) is 37.3 Å². The maximum atomic E-state index is 9.53. The lowest BCUT2D eigenvalue weighted by molar-refractivity contribution is -0.0331. The monoisotopic (exact) mass is 176 g/mol. The fraction of sp³-hybridized carbons (Fsp3) is 0.273. The van der Waals surface area contributed by atoms with Crippen LogP contribution in [0.4, 0.5) is 0 Å². The zero-order valence-electron chi connectivity index (χ0n) is 7.53. The Labute approximate surface area is 77.5 Å². The van der Waals surface area contributed by atoms with Crippen LogP contribution in [-0.4, -0.2) is 18.0 Å². The first kappa shape index (κ1) is 8.48. The molecule has 1 aromatic carbocycles. The van der Waals surface area contributed by atoms with Crippen LogP contribution in [-0.2, 0) is 4.74 Å². The molecule has 1 aromatic rings. The number of hydrogen-bond acceptors (Lipinski definition) is 2. The van der Waals surface area contributed by atoms with E-state index in [9.17, 15) is 5.11 Å². The van der Waals surface area contributed by atoms with Crippen LogP contribution in [0, 0.1) is 0 Å². The molecule has 0 saturated heterocycles. The Kier molecular flexibility index (Phi) is 2.17. The molecule has 13 heavy (non-hydrogen) atoms. The van der Waals surface area contributed by atoms with E-state index in [0.717, 1.165) is 16.7 Å². The minimum atomic E-state index is -0.748. The van der Waals surface area contributed by atoms with E-state index in [0.29, 0.717) is 6.61 Å². The molecule has 1 N–H and O–H groups in total. The third-order valence-corrected chi connectivity index (χ3v) is 2.25. The Hall–Kier alpha value is -1.12. The molecule has 2 rings (SSSR count). The quantitative estimate of drug-likeness (QED) is 0.707. The third kappa shape index (κ3) is 1.50. The normalized spacial score (nSPS) is 22.5. The van der Waals surface area contributed by atoms with Crippen molar-refractivity contribution in [3.05, 3.63) is 41.5 Å². The number of hydrogen-bond donors (Lipinski definition) is 1. The summed E-state index contributed by atoms with van der Waals surface area (Å²) in [5, 5.41) is 9.53. The van der Waals surface area contributed by atoms with Crippen molar-refractivity contribution in [1.29, 1.82) is 0 Å². The number of benzene rings is 1. The first-order chi connectivity index (χ1) is 6.29. The molecule has 0 bridgehead atoms. The number of aliphatic hydroxyl groups is 1. The van der Waals surface area contributed by atoms with Gasteiger partial charge in [-0.3, -0.25) is 0 Å². The fourth-order valence-electron chi connectivity index (χ4n) is 1.58. The summed E-state index contributed by atoms with van der Waals surface area (Å²) in [6.45, 7) is 2.52. The molecule has 0 aromatic heterocycles. The zero-order chi connectivity index (χ0) is 9.26. The van der Waals surface area contributed by atoms with Crippen LogP contribution >= 0.6 is 0 Å². The number of aliphatic hydroxyl groups excluding tert-OH is 1. The highest BCUT2D eigenvalue weighted by Crippen LogP contribution is 2.28. The summed E-state index contributed by atoms with van der Waals surface area (Å²) in [6, 6.07) is 9.84. The molecule has 0 saturated carbocycles. The van der Waals surface area contributed by atoms with Gasteiger partial charge >= 0.3 is 0 Å². The highest BCUT2D eigenvalue weighted by molar-refractivity contribution is 5.71. The highest BCUT2D eigenvalue weighted by atomic mass is 16.6. The standard InChI is InChI=1S/C11H12O2/c1-8-7-13-11(12)10(8)9-5-3-2-4-6-9/h2-6,11-12H,7H2,1H3. The molecule has 68 valence electrons. The lowest BCUT2D eigenvalue weighted by atomic mass is 10.0. The topological polar surface area (TPSA) is 29.5 Å². The molecule has 1 atom stereocenters. The summed E-state index contributed by atoms with van der Waals surface area (Å²) in [6.07, 6.45) is -0.748. The Morgan fingerprint density at radius 2 is 2.00 bits per heavy atom. The van der Waals surface area contributed by atoms with Gasteiger partial charge in [-0.05, 0) is 18.1 Å². The first-order valence-electron chi connectivity index (χ1n) is 4.34. The molecular weight excluding hydrogens is 164 g/mol. The summed E-state index contributed by atoms with van der Waals surface area (Å²) in [5.41, 5.74) is 3.07. The van der Waals surface area contributed by atoms with Gasteiger partial charge in [0, 0.05) is 5.57 Å². The van der Waals surface area contributed by atoms with Crippen LogP contribution in [0.3, 0.4) is 0 Å². The summed E-state index contributed by atoms with van der Waals surface area (Å²) in [7, 11) is 0. The number of ether oxygens (including phenoxy) is 1. The van der Waals surface area contributed by atoms with Gasteiger partial charge < -0.3 is 9.84 Å². The summed E-state index contributed by atoms with van der Waals surface area (Å²) in [4.78, 5) is 0. The van der Waals surface area contributed by atoms with E-state index in [2.05, 4.69) is 0 Å². The van der Waals surface area contributed by atoms with Crippen molar-refractivity contribution in [3.63, 3.8) is 0 Å². The fourth-order valence-corrected chi connectivity index (χ4v) is 1.58. The van der Waals surface area contributed by atoms with Gasteiger partial charge in [-0.2, -0.15) is 0 Å². The molecule has 0 fully saturated rings. The predicted molar refractivity (Wildman–Crippen MR) is 51.0 cm³/mol. The average molecular weight is 176 g/mol. The summed E-state index contributed by atoms with van der Waals surface area (Å²) in [5.74, 6) is 0. The molecule has 0 aliphatic carbocycles. The van der Waals surface area contributed by atoms with E-state index >= 15 is 0 Å². The van der Waals surface area contributed by atoms with E-state index < -0.39 is 6.29 Å². The van der Waals surface area contributed by atoms with E-state index in [-0.39, 0.29) is 0 Å². The summed E-state index contributed by atoms with van der Waals surface area (Å²) >= 11 is 0. The van der Waals surface area contributed by atoms with Gasteiger partial charge in [0.2, 0.25) is 0 Å². The molecular formula is C11H12O2. The molecule has 2 nitrogen and oxygen atoms in total. The molecule has 1 unspecified atom stereocenters. The van der Waals surface area contributed by atoms with Crippen LogP contribution in [0.15, 0.2) is 35.9 Å². The first-order valence-corrected chi connectivity index (χ1v) is 4.34. The Morgan fingerprint density at radius 1 is 1.31 bits per heavy atom.